The Morgan fingerprint density at radius 3 is 2.45 bits per heavy atom. The minimum Gasteiger partial charge on any atom is -0.496 e. The number of primary amides is 1. The molecule has 2 N–H and O–H groups in total. The summed E-state index contributed by atoms with van der Waals surface area (Å²) in [5.74, 6) is 0.649. The van der Waals surface area contributed by atoms with E-state index >= 15 is 0 Å². The van der Waals surface area contributed by atoms with Crippen LogP contribution in [0.15, 0.2) is 42.5 Å². The molecule has 0 bridgehead atoms. The molecule has 2 rings (SSSR count). The minimum atomic E-state index is -0.256. The summed E-state index contributed by atoms with van der Waals surface area (Å²) in [6, 6.07) is 14.6. The molecule has 0 radical (unpaired) electrons. The van der Waals surface area contributed by atoms with Crippen LogP contribution < -0.4 is 10.5 Å². The second-order valence-electron chi connectivity index (χ2n) is 5.47. The fraction of sp³-hybridized carbons (Fsp3) is 0.316. The van der Waals surface area contributed by atoms with E-state index in [1.165, 1.54) is 22.3 Å². The van der Waals surface area contributed by atoms with Crippen molar-refractivity contribution in [3.63, 3.8) is 0 Å². The molecule has 0 heterocycles. The monoisotopic (exact) mass is 297 g/mol. The van der Waals surface area contributed by atoms with Crippen molar-refractivity contribution < 1.29 is 9.53 Å². The van der Waals surface area contributed by atoms with Crippen LogP contribution in [0.3, 0.4) is 0 Å². The van der Waals surface area contributed by atoms with Gasteiger partial charge in [0.1, 0.15) is 5.75 Å². The van der Waals surface area contributed by atoms with Gasteiger partial charge in [-0.1, -0.05) is 43.3 Å². The second kappa shape index (κ2) is 7.64. The smallest absolute Gasteiger partial charge is 0.217 e. The number of nitrogens with two attached hydrogens (primary N) is 1. The quantitative estimate of drug-likeness (QED) is 0.852. The molecule has 2 aromatic carbocycles. The molecule has 0 unspecified atom stereocenters. The first kappa shape index (κ1) is 16.1. The van der Waals surface area contributed by atoms with E-state index in [0.29, 0.717) is 12.8 Å². The molecule has 22 heavy (non-hydrogen) atoms. The number of hydrogen-bond donors (Lipinski definition) is 1. The first-order valence-electron chi connectivity index (χ1n) is 7.64. The van der Waals surface area contributed by atoms with E-state index in [1.807, 2.05) is 18.2 Å². The van der Waals surface area contributed by atoms with Crippen LogP contribution in [0.5, 0.6) is 5.75 Å². The number of amides is 1. The van der Waals surface area contributed by atoms with Crippen molar-refractivity contribution in [3.8, 4) is 5.75 Å². The van der Waals surface area contributed by atoms with E-state index in [-0.39, 0.29) is 5.91 Å². The number of ether oxygens (including phenoxy) is 1. The predicted octanol–water partition coefficient (Wildman–Crippen LogP) is 3.27. The number of hydrogen-bond acceptors (Lipinski definition) is 2. The molecule has 0 aliphatic carbocycles. The summed E-state index contributed by atoms with van der Waals surface area (Å²) >= 11 is 0. The second-order valence-corrected chi connectivity index (χ2v) is 5.47. The molecular formula is C19H23NO2. The van der Waals surface area contributed by atoms with Gasteiger partial charge in [-0.05, 0) is 41.2 Å². The molecule has 0 saturated heterocycles. The number of carbonyl (C=O) groups excluding carboxylic acids is 1. The van der Waals surface area contributed by atoms with Crippen molar-refractivity contribution in [1.29, 1.82) is 0 Å². The summed E-state index contributed by atoms with van der Waals surface area (Å²) in [6.45, 7) is 2.14. The van der Waals surface area contributed by atoms with Gasteiger partial charge < -0.3 is 10.5 Å². The summed E-state index contributed by atoms with van der Waals surface area (Å²) in [7, 11) is 1.69. The minimum absolute atomic E-state index is 0.256. The summed E-state index contributed by atoms with van der Waals surface area (Å²) in [6.07, 6.45) is 2.88. The number of benzene rings is 2. The molecule has 2 aromatic rings. The van der Waals surface area contributed by atoms with Crippen LogP contribution in [0.2, 0.25) is 0 Å². The van der Waals surface area contributed by atoms with Crippen molar-refractivity contribution in [1.82, 2.24) is 0 Å². The van der Waals surface area contributed by atoms with Gasteiger partial charge in [-0.15, -0.1) is 0 Å². The maximum Gasteiger partial charge on any atom is 0.217 e. The number of methoxy groups -OCH3 is 1. The van der Waals surface area contributed by atoms with Crippen LogP contribution in [0.4, 0.5) is 0 Å². The van der Waals surface area contributed by atoms with E-state index in [2.05, 4.69) is 31.2 Å². The maximum absolute atomic E-state index is 11.0. The molecule has 3 heteroatoms. The Balaban J connectivity index is 2.25. The van der Waals surface area contributed by atoms with Gasteiger partial charge in [0.15, 0.2) is 0 Å². The van der Waals surface area contributed by atoms with Gasteiger partial charge in [-0.2, -0.15) is 0 Å². The Bertz CT molecular complexity index is 650. The third kappa shape index (κ3) is 4.35. The van der Waals surface area contributed by atoms with E-state index in [1.54, 1.807) is 7.11 Å². The van der Waals surface area contributed by atoms with Crippen molar-refractivity contribution in [3.05, 3.63) is 64.7 Å². The molecule has 3 nitrogen and oxygen atoms in total. The first-order valence-corrected chi connectivity index (χ1v) is 7.64. The average Bonchev–Trinajstić information content (AvgIpc) is 2.53. The molecule has 1 amide bonds. The maximum atomic E-state index is 11.0. The molecule has 0 aliphatic rings. The highest BCUT2D eigenvalue weighted by molar-refractivity contribution is 5.74. The number of para-hydroxylation sites is 1. The van der Waals surface area contributed by atoms with E-state index in [4.69, 9.17) is 10.5 Å². The Morgan fingerprint density at radius 1 is 1.09 bits per heavy atom. The van der Waals surface area contributed by atoms with Gasteiger partial charge >= 0.3 is 0 Å². The Kier molecular flexibility index (Phi) is 5.59. The zero-order valence-electron chi connectivity index (χ0n) is 13.3. The zero-order valence-corrected chi connectivity index (χ0v) is 13.3. The fourth-order valence-electron chi connectivity index (χ4n) is 2.63. The fourth-order valence-corrected chi connectivity index (χ4v) is 2.63. The summed E-state index contributed by atoms with van der Waals surface area (Å²) in [4.78, 5) is 11.0. The van der Waals surface area contributed by atoms with E-state index < -0.39 is 0 Å². The number of carbonyl (C=O) groups is 1. The van der Waals surface area contributed by atoms with Gasteiger partial charge in [-0.25, -0.2) is 0 Å². The van der Waals surface area contributed by atoms with Gasteiger partial charge in [0, 0.05) is 12.8 Å². The molecule has 0 atom stereocenters. The zero-order chi connectivity index (χ0) is 15.9. The van der Waals surface area contributed by atoms with Gasteiger partial charge in [0.25, 0.3) is 0 Å². The molecule has 0 fully saturated rings. The summed E-state index contributed by atoms with van der Waals surface area (Å²) < 4.78 is 5.42. The lowest BCUT2D eigenvalue weighted by atomic mass is 9.96. The van der Waals surface area contributed by atoms with E-state index in [9.17, 15) is 4.79 Å². The van der Waals surface area contributed by atoms with Crippen LogP contribution in [-0.2, 0) is 24.1 Å². The highest BCUT2D eigenvalue weighted by atomic mass is 16.5. The average molecular weight is 297 g/mol. The third-order valence-corrected chi connectivity index (χ3v) is 3.77. The van der Waals surface area contributed by atoms with Crippen molar-refractivity contribution >= 4 is 5.91 Å². The Morgan fingerprint density at radius 2 is 1.77 bits per heavy atom. The number of aryl methyl sites for hydroxylation is 2. The molecule has 0 saturated carbocycles. The molecule has 0 aliphatic heterocycles. The van der Waals surface area contributed by atoms with Crippen LogP contribution in [-0.4, -0.2) is 13.0 Å². The van der Waals surface area contributed by atoms with Crippen LogP contribution in [0.25, 0.3) is 0 Å². The van der Waals surface area contributed by atoms with Crippen LogP contribution in [0, 0.1) is 0 Å². The number of rotatable bonds is 7. The topological polar surface area (TPSA) is 52.3 Å². The van der Waals surface area contributed by atoms with Crippen LogP contribution >= 0.6 is 0 Å². The summed E-state index contributed by atoms with van der Waals surface area (Å²) in [5.41, 5.74) is 10.1. The van der Waals surface area contributed by atoms with Gasteiger partial charge in [0.2, 0.25) is 5.91 Å². The molecular weight excluding hydrogens is 274 g/mol. The van der Waals surface area contributed by atoms with Gasteiger partial charge in [0.05, 0.1) is 7.11 Å². The Hall–Kier alpha value is -2.29. The Labute approximate surface area is 132 Å². The lowest BCUT2D eigenvalue weighted by Gasteiger charge is -2.11. The van der Waals surface area contributed by atoms with Crippen LogP contribution in [0.1, 0.15) is 35.6 Å². The third-order valence-electron chi connectivity index (χ3n) is 3.77. The molecule has 116 valence electrons. The standard InChI is InChI=1S/C19H23NO2/c1-3-14-10-15(8-9-19(20)21)12-16(11-14)13-17-6-4-5-7-18(17)22-2/h4-7,10-12H,3,8-9,13H2,1-2H3,(H2,20,21). The first-order chi connectivity index (χ1) is 10.6. The highest BCUT2D eigenvalue weighted by Crippen LogP contribution is 2.23. The SMILES string of the molecule is CCc1cc(CCC(N)=O)cc(Cc2ccccc2OC)c1. The van der Waals surface area contributed by atoms with E-state index in [0.717, 1.165) is 18.6 Å². The normalized spacial score (nSPS) is 10.5. The summed E-state index contributed by atoms with van der Waals surface area (Å²) in [5, 5.41) is 0. The van der Waals surface area contributed by atoms with Gasteiger partial charge in [-0.3, -0.25) is 4.79 Å². The van der Waals surface area contributed by atoms with Crippen molar-refractivity contribution in [2.45, 2.75) is 32.6 Å². The predicted molar refractivity (Wildman–Crippen MR) is 89.1 cm³/mol. The largest absolute Gasteiger partial charge is 0.496 e. The van der Waals surface area contributed by atoms with Crippen molar-refractivity contribution in [2.24, 2.45) is 5.73 Å². The lowest BCUT2D eigenvalue weighted by Crippen LogP contribution is -2.11. The highest BCUT2D eigenvalue weighted by Gasteiger charge is 2.06. The molecule has 0 spiro atoms. The van der Waals surface area contributed by atoms with Crippen molar-refractivity contribution in [2.75, 3.05) is 7.11 Å². The lowest BCUT2D eigenvalue weighted by molar-refractivity contribution is -0.117. The molecule has 0 aromatic heterocycles.